The van der Waals surface area contributed by atoms with Crippen LogP contribution >= 0.6 is 0 Å². The Morgan fingerprint density at radius 1 is 1.21 bits per heavy atom. The van der Waals surface area contributed by atoms with Crippen molar-refractivity contribution < 1.29 is 4.74 Å². The second-order valence-electron chi connectivity index (χ2n) is 6.99. The Bertz CT molecular complexity index is 858. The molecule has 5 heteroatoms. The maximum Gasteiger partial charge on any atom is 0.102 e. The van der Waals surface area contributed by atoms with Gasteiger partial charge < -0.3 is 14.5 Å². The van der Waals surface area contributed by atoms with Crippen LogP contribution in [0.2, 0.25) is 0 Å². The topological polar surface area (TPSA) is 41.0 Å². The van der Waals surface area contributed by atoms with Crippen LogP contribution in [-0.4, -0.2) is 53.5 Å². The lowest BCUT2D eigenvalue weighted by atomic mass is 10.1. The van der Waals surface area contributed by atoms with Gasteiger partial charge >= 0.3 is 0 Å². The molecule has 0 amide bonds. The molecule has 0 radical (unpaired) electrons. The average molecular weight is 391 g/mol. The summed E-state index contributed by atoms with van der Waals surface area (Å²) in [7, 11) is 0. The molecule has 2 saturated heterocycles. The number of aromatic nitrogens is 1. The van der Waals surface area contributed by atoms with E-state index in [1.807, 2.05) is 49.7 Å². The largest absolute Gasteiger partial charge is 0.378 e. The molecule has 0 aromatic carbocycles. The Morgan fingerprint density at radius 3 is 2.59 bits per heavy atom. The first-order chi connectivity index (χ1) is 14.2. The number of hydrogen-bond acceptors (Lipinski definition) is 4. The van der Waals surface area contributed by atoms with Gasteiger partial charge in [-0.15, -0.1) is 0 Å². The summed E-state index contributed by atoms with van der Waals surface area (Å²) in [6, 6.07) is 4.02. The van der Waals surface area contributed by atoms with E-state index in [0.29, 0.717) is 0 Å². The summed E-state index contributed by atoms with van der Waals surface area (Å²) in [5.74, 6) is 1.01. The predicted molar refractivity (Wildman–Crippen MR) is 120 cm³/mol. The summed E-state index contributed by atoms with van der Waals surface area (Å²) < 4.78 is 5.48. The van der Waals surface area contributed by atoms with Crippen molar-refractivity contribution in [3.63, 3.8) is 0 Å². The number of amidine groups is 1. The number of rotatable bonds is 5. The van der Waals surface area contributed by atoms with E-state index in [2.05, 4.69) is 40.9 Å². The Morgan fingerprint density at radius 2 is 1.93 bits per heavy atom. The summed E-state index contributed by atoms with van der Waals surface area (Å²) in [6.45, 7) is 16.5. The minimum absolute atomic E-state index is 0.743. The Hall–Kier alpha value is -2.92. The molecule has 29 heavy (non-hydrogen) atoms. The van der Waals surface area contributed by atoms with Gasteiger partial charge in [-0.1, -0.05) is 25.3 Å². The number of morpholine rings is 1. The lowest BCUT2D eigenvalue weighted by molar-refractivity contribution is 0.0678. The third kappa shape index (κ3) is 4.93. The lowest BCUT2D eigenvalue weighted by Gasteiger charge is -2.28. The van der Waals surface area contributed by atoms with Crippen molar-refractivity contribution >= 4 is 11.5 Å². The van der Waals surface area contributed by atoms with Gasteiger partial charge in [0.15, 0.2) is 0 Å². The molecule has 0 unspecified atom stereocenters. The third-order valence-corrected chi connectivity index (χ3v) is 5.22. The number of allylic oxidation sites excluding steroid dienone is 5. The maximum absolute atomic E-state index is 5.48. The Labute approximate surface area is 174 Å². The van der Waals surface area contributed by atoms with E-state index in [1.54, 1.807) is 0 Å². The summed E-state index contributed by atoms with van der Waals surface area (Å²) in [6.07, 6.45) is 12.5. The van der Waals surface area contributed by atoms with Crippen LogP contribution < -0.4 is 0 Å². The number of ether oxygens (including phenoxy) is 1. The van der Waals surface area contributed by atoms with Crippen molar-refractivity contribution in [3.05, 3.63) is 84.5 Å². The molecular formula is C24H30N4O. The van der Waals surface area contributed by atoms with Crippen LogP contribution in [0.3, 0.4) is 0 Å². The van der Waals surface area contributed by atoms with Crippen molar-refractivity contribution in [2.75, 3.05) is 32.8 Å². The molecule has 152 valence electrons. The van der Waals surface area contributed by atoms with E-state index in [9.17, 15) is 0 Å². The second kappa shape index (κ2) is 10.0. The molecule has 3 rings (SSSR count). The van der Waals surface area contributed by atoms with Gasteiger partial charge in [0.25, 0.3) is 0 Å². The zero-order valence-corrected chi connectivity index (χ0v) is 17.5. The summed E-state index contributed by atoms with van der Waals surface area (Å²) in [5.41, 5.74) is 5.22. The van der Waals surface area contributed by atoms with Crippen molar-refractivity contribution in [1.29, 1.82) is 0 Å². The highest BCUT2D eigenvalue weighted by molar-refractivity contribution is 5.88. The number of nitrogens with zero attached hydrogens (tertiary/aromatic N) is 4. The fourth-order valence-electron chi connectivity index (χ4n) is 3.60. The van der Waals surface area contributed by atoms with Crippen LogP contribution in [0.25, 0.3) is 5.70 Å². The van der Waals surface area contributed by atoms with Gasteiger partial charge in [-0.2, -0.15) is 0 Å². The Balaban J connectivity index is 2.00. The molecule has 2 aliphatic heterocycles. The normalized spacial score (nSPS) is 20.6. The van der Waals surface area contributed by atoms with E-state index >= 15 is 0 Å². The maximum atomic E-state index is 5.48. The van der Waals surface area contributed by atoms with Gasteiger partial charge in [0.2, 0.25) is 0 Å². The SMILES string of the molecule is C=C/C(=C\C=C/C)N1CC/C(=C(/N=C(\C)N2CCOCC2)c2ccncc2)C1=C. The Kier molecular flexibility index (Phi) is 7.19. The van der Waals surface area contributed by atoms with Crippen LogP contribution in [0.1, 0.15) is 25.8 Å². The zero-order chi connectivity index (χ0) is 20.6. The number of hydrogen-bond donors (Lipinski definition) is 0. The van der Waals surface area contributed by atoms with E-state index in [0.717, 1.165) is 73.3 Å². The summed E-state index contributed by atoms with van der Waals surface area (Å²) in [4.78, 5) is 13.7. The van der Waals surface area contributed by atoms with Crippen LogP contribution in [0.15, 0.2) is 83.9 Å². The number of aliphatic imine (C=N–C) groups is 1. The van der Waals surface area contributed by atoms with Gasteiger partial charge in [-0.3, -0.25) is 4.98 Å². The highest BCUT2D eigenvalue weighted by Crippen LogP contribution is 2.36. The zero-order valence-electron chi connectivity index (χ0n) is 17.5. The number of pyridine rings is 1. The standard InChI is InChI=1S/C24H30N4O/c1-5-7-8-22(6-2)28-14-11-23(19(28)3)24(21-9-12-25-13-10-21)26-20(4)27-15-17-29-18-16-27/h5-10,12-13H,2-3,11,14-18H2,1,4H3/b7-5-,22-8+,24-23-,26-20+. The average Bonchev–Trinajstić information content (AvgIpc) is 3.14. The number of likely N-dealkylation sites (tertiary alicyclic amines) is 1. The fourth-order valence-corrected chi connectivity index (χ4v) is 3.60. The first-order valence-corrected chi connectivity index (χ1v) is 10.1. The van der Waals surface area contributed by atoms with Crippen LogP contribution in [0.5, 0.6) is 0 Å². The van der Waals surface area contributed by atoms with Gasteiger partial charge in [-0.25, -0.2) is 4.99 Å². The van der Waals surface area contributed by atoms with Gasteiger partial charge in [0, 0.05) is 54.6 Å². The van der Waals surface area contributed by atoms with E-state index in [-0.39, 0.29) is 0 Å². The minimum Gasteiger partial charge on any atom is -0.378 e. The molecular weight excluding hydrogens is 360 g/mol. The molecule has 3 heterocycles. The highest BCUT2D eigenvalue weighted by atomic mass is 16.5. The molecule has 0 atom stereocenters. The van der Waals surface area contributed by atoms with Gasteiger partial charge in [0.1, 0.15) is 5.84 Å². The van der Waals surface area contributed by atoms with E-state index < -0.39 is 0 Å². The monoisotopic (exact) mass is 390 g/mol. The fraction of sp³-hybridized carbons (Fsp3) is 0.333. The molecule has 5 nitrogen and oxygen atoms in total. The predicted octanol–water partition coefficient (Wildman–Crippen LogP) is 4.41. The molecule has 0 aliphatic carbocycles. The molecule has 1 aromatic rings. The van der Waals surface area contributed by atoms with Crippen molar-refractivity contribution in [1.82, 2.24) is 14.8 Å². The minimum atomic E-state index is 0.743. The molecule has 0 spiro atoms. The molecule has 2 aliphatic rings. The smallest absolute Gasteiger partial charge is 0.102 e. The highest BCUT2D eigenvalue weighted by Gasteiger charge is 2.26. The molecule has 2 fully saturated rings. The first-order valence-electron chi connectivity index (χ1n) is 10.1. The summed E-state index contributed by atoms with van der Waals surface area (Å²) in [5, 5.41) is 0. The van der Waals surface area contributed by atoms with Crippen molar-refractivity contribution in [2.45, 2.75) is 20.3 Å². The van der Waals surface area contributed by atoms with Crippen molar-refractivity contribution in [2.24, 2.45) is 4.99 Å². The quantitative estimate of drug-likeness (QED) is 0.424. The molecule has 0 bridgehead atoms. The molecule has 0 N–H and O–H groups in total. The van der Waals surface area contributed by atoms with E-state index in [1.165, 1.54) is 0 Å². The van der Waals surface area contributed by atoms with E-state index in [4.69, 9.17) is 9.73 Å². The molecule has 1 aromatic heterocycles. The van der Waals surface area contributed by atoms with Crippen LogP contribution in [0.4, 0.5) is 0 Å². The van der Waals surface area contributed by atoms with Gasteiger partial charge in [-0.05, 0) is 44.6 Å². The van der Waals surface area contributed by atoms with Crippen molar-refractivity contribution in [3.8, 4) is 0 Å². The van der Waals surface area contributed by atoms with Crippen LogP contribution in [-0.2, 0) is 4.74 Å². The third-order valence-electron chi connectivity index (χ3n) is 5.22. The first kappa shape index (κ1) is 20.8. The van der Waals surface area contributed by atoms with Gasteiger partial charge in [0.05, 0.1) is 18.9 Å². The summed E-state index contributed by atoms with van der Waals surface area (Å²) >= 11 is 0. The van der Waals surface area contributed by atoms with Crippen LogP contribution in [0, 0.1) is 0 Å². The lowest BCUT2D eigenvalue weighted by Crippen LogP contribution is -2.39. The molecule has 0 saturated carbocycles. The second-order valence-corrected chi connectivity index (χ2v) is 6.99.